The Morgan fingerprint density at radius 2 is 1.85 bits per heavy atom. The number of carbonyl (C=O) groups is 1. The van der Waals surface area contributed by atoms with Crippen LogP contribution in [0.4, 0.5) is 4.79 Å². The van der Waals surface area contributed by atoms with Crippen LogP contribution in [0.25, 0.3) is 21.9 Å². The number of methoxy groups -OCH3 is 1. The van der Waals surface area contributed by atoms with Gasteiger partial charge >= 0.3 is 11.8 Å². The molecule has 1 aliphatic heterocycles. The van der Waals surface area contributed by atoms with Crippen LogP contribution in [0.15, 0.2) is 38.1 Å². The molecule has 0 radical (unpaired) electrons. The van der Waals surface area contributed by atoms with Gasteiger partial charge in [-0.2, -0.15) is 0 Å². The van der Waals surface area contributed by atoms with E-state index in [4.69, 9.17) is 27.8 Å². The van der Waals surface area contributed by atoms with E-state index >= 15 is 0 Å². The SMILES string of the molecule is COc1c2ccoc2c(OC[C@H]2OC(=O)OC2(C)C)c2oc(=O)ccc12. The lowest BCUT2D eigenvalue weighted by Gasteiger charge is -2.22. The molecule has 3 aromatic rings. The molecule has 0 N–H and O–H groups in total. The largest absolute Gasteiger partial charge is 0.509 e. The molecule has 0 aliphatic carbocycles. The first-order valence-electron chi connectivity index (χ1n) is 7.94. The molecular formula is C18H16O8. The molecule has 1 atom stereocenters. The maximum absolute atomic E-state index is 11.7. The molecule has 8 heteroatoms. The summed E-state index contributed by atoms with van der Waals surface area (Å²) in [6.07, 6.45) is 0.102. The first kappa shape index (κ1) is 16.3. The van der Waals surface area contributed by atoms with Gasteiger partial charge in [0.25, 0.3) is 0 Å². The van der Waals surface area contributed by atoms with E-state index in [1.165, 1.54) is 19.4 Å². The third-order valence-electron chi connectivity index (χ3n) is 4.34. The molecule has 0 spiro atoms. The van der Waals surface area contributed by atoms with E-state index in [1.54, 1.807) is 26.0 Å². The third-order valence-corrected chi connectivity index (χ3v) is 4.34. The highest BCUT2D eigenvalue weighted by atomic mass is 16.8. The number of hydrogen-bond donors (Lipinski definition) is 0. The second-order valence-corrected chi connectivity index (χ2v) is 6.40. The second kappa shape index (κ2) is 5.69. The van der Waals surface area contributed by atoms with E-state index in [0.29, 0.717) is 22.1 Å². The van der Waals surface area contributed by atoms with Gasteiger partial charge in [0.1, 0.15) is 12.4 Å². The van der Waals surface area contributed by atoms with Crippen molar-refractivity contribution in [2.45, 2.75) is 25.6 Å². The van der Waals surface area contributed by atoms with Crippen molar-refractivity contribution in [1.29, 1.82) is 0 Å². The van der Waals surface area contributed by atoms with Crippen LogP contribution in [0.2, 0.25) is 0 Å². The van der Waals surface area contributed by atoms with Crippen LogP contribution in [0.5, 0.6) is 11.5 Å². The Bertz CT molecular complexity index is 1060. The summed E-state index contributed by atoms with van der Waals surface area (Å²) in [5, 5.41) is 1.23. The van der Waals surface area contributed by atoms with Crippen LogP contribution in [0.1, 0.15) is 13.8 Å². The molecule has 4 rings (SSSR count). The van der Waals surface area contributed by atoms with Gasteiger partial charge in [-0.05, 0) is 26.0 Å². The maximum atomic E-state index is 11.7. The van der Waals surface area contributed by atoms with Crippen molar-refractivity contribution in [3.8, 4) is 11.5 Å². The maximum Gasteiger partial charge on any atom is 0.509 e. The fourth-order valence-electron chi connectivity index (χ4n) is 2.98. The summed E-state index contributed by atoms with van der Waals surface area (Å²) in [7, 11) is 1.52. The van der Waals surface area contributed by atoms with Gasteiger partial charge < -0.3 is 27.8 Å². The van der Waals surface area contributed by atoms with Crippen molar-refractivity contribution < 1.29 is 32.6 Å². The molecule has 2 aromatic heterocycles. The highest BCUT2D eigenvalue weighted by Crippen LogP contribution is 2.43. The van der Waals surface area contributed by atoms with Crippen molar-refractivity contribution in [1.82, 2.24) is 0 Å². The number of hydrogen-bond acceptors (Lipinski definition) is 8. The number of furan rings is 1. The molecule has 0 saturated carbocycles. The summed E-state index contributed by atoms with van der Waals surface area (Å²) >= 11 is 0. The molecule has 1 aromatic carbocycles. The van der Waals surface area contributed by atoms with E-state index in [0.717, 1.165) is 0 Å². The molecular weight excluding hydrogens is 344 g/mol. The van der Waals surface area contributed by atoms with Crippen molar-refractivity contribution in [3.63, 3.8) is 0 Å². The van der Waals surface area contributed by atoms with E-state index in [9.17, 15) is 9.59 Å². The Labute approximate surface area is 147 Å². The van der Waals surface area contributed by atoms with Gasteiger partial charge in [0.2, 0.25) is 5.75 Å². The lowest BCUT2D eigenvalue weighted by Crippen LogP contribution is -2.37. The zero-order valence-corrected chi connectivity index (χ0v) is 14.4. The Kier molecular flexibility index (Phi) is 3.57. The predicted octanol–water partition coefficient (Wildman–Crippen LogP) is 3.24. The Balaban J connectivity index is 1.83. The Hall–Kier alpha value is -3.16. The molecule has 1 aliphatic rings. The number of rotatable bonds is 4. The lowest BCUT2D eigenvalue weighted by atomic mass is 10.0. The molecule has 0 unspecified atom stereocenters. The predicted molar refractivity (Wildman–Crippen MR) is 89.7 cm³/mol. The topological polar surface area (TPSA) is 97.3 Å². The smallest absolute Gasteiger partial charge is 0.495 e. The van der Waals surface area contributed by atoms with Gasteiger partial charge in [0, 0.05) is 6.07 Å². The summed E-state index contributed by atoms with van der Waals surface area (Å²) in [5.74, 6) is 0.744. The minimum Gasteiger partial charge on any atom is -0.495 e. The zero-order valence-electron chi connectivity index (χ0n) is 14.4. The van der Waals surface area contributed by atoms with Gasteiger partial charge in [0.15, 0.2) is 22.9 Å². The monoisotopic (exact) mass is 360 g/mol. The first-order valence-corrected chi connectivity index (χ1v) is 7.94. The van der Waals surface area contributed by atoms with Crippen LogP contribution in [-0.4, -0.2) is 31.6 Å². The van der Waals surface area contributed by atoms with Gasteiger partial charge in [-0.1, -0.05) is 0 Å². The summed E-state index contributed by atoms with van der Waals surface area (Å²) in [4.78, 5) is 23.1. The van der Waals surface area contributed by atoms with Crippen LogP contribution in [0.3, 0.4) is 0 Å². The van der Waals surface area contributed by atoms with E-state index in [1.807, 2.05) is 0 Å². The summed E-state index contributed by atoms with van der Waals surface area (Å²) in [5.41, 5.74) is -0.819. The van der Waals surface area contributed by atoms with Crippen LogP contribution in [-0.2, 0) is 9.47 Å². The standard InChI is InChI=1S/C18H16O8/c1-18(2)11(24-17(20)26-18)8-23-16-14-10(6-7-22-14)13(21-3)9-4-5-12(19)25-15(9)16/h4-7,11H,8H2,1-3H3/t11-/m1/s1. The Morgan fingerprint density at radius 1 is 1.08 bits per heavy atom. The molecule has 0 amide bonds. The van der Waals surface area contributed by atoms with Crippen molar-refractivity contribution >= 4 is 28.1 Å². The average molecular weight is 360 g/mol. The minimum atomic E-state index is -0.845. The van der Waals surface area contributed by atoms with Crippen LogP contribution < -0.4 is 15.1 Å². The van der Waals surface area contributed by atoms with E-state index in [-0.39, 0.29) is 17.9 Å². The molecule has 1 fully saturated rings. The highest BCUT2D eigenvalue weighted by Gasteiger charge is 2.44. The minimum absolute atomic E-state index is 0.00538. The van der Waals surface area contributed by atoms with Gasteiger partial charge in [0.05, 0.1) is 24.1 Å². The van der Waals surface area contributed by atoms with Gasteiger partial charge in [-0.3, -0.25) is 0 Å². The van der Waals surface area contributed by atoms with Crippen LogP contribution in [0, 0.1) is 0 Å². The van der Waals surface area contributed by atoms with Crippen molar-refractivity contribution in [3.05, 3.63) is 34.9 Å². The molecule has 26 heavy (non-hydrogen) atoms. The van der Waals surface area contributed by atoms with Crippen LogP contribution >= 0.6 is 0 Å². The van der Waals surface area contributed by atoms with E-state index < -0.39 is 23.5 Å². The lowest BCUT2D eigenvalue weighted by molar-refractivity contribution is 0.0392. The molecule has 1 saturated heterocycles. The molecule has 8 nitrogen and oxygen atoms in total. The summed E-state index contributed by atoms with van der Waals surface area (Å²) in [6, 6.07) is 4.63. The normalized spacial score (nSPS) is 18.7. The zero-order chi connectivity index (χ0) is 18.5. The van der Waals surface area contributed by atoms with E-state index in [2.05, 4.69) is 0 Å². The number of benzene rings is 1. The molecule has 136 valence electrons. The molecule has 0 bridgehead atoms. The highest BCUT2D eigenvalue weighted by molar-refractivity contribution is 6.06. The average Bonchev–Trinajstić information content (AvgIpc) is 3.15. The summed E-state index contributed by atoms with van der Waals surface area (Å²) < 4.78 is 32.4. The van der Waals surface area contributed by atoms with Crippen molar-refractivity contribution in [2.24, 2.45) is 0 Å². The van der Waals surface area contributed by atoms with Crippen molar-refractivity contribution in [2.75, 3.05) is 13.7 Å². The van der Waals surface area contributed by atoms with Gasteiger partial charge in [-0.25, -0.2) is 9.59 Å². The first-order chi connectivity index (χ1) is 12.4. The fourth-order valence-corrected chi connectivity index (χ4v) is 2.98. The second-order valence-electron chi connectivity index (χ2n) is 6.40. The number of carbonyl (C=O) groups excluding carboxylic acids is 1. The number of ether oxygens (including phenoxy) is 4. The number of fused-ring (bicyclic) bond motifs is 2. The van der Waals surface area contributed by atoms with Gasteiger partial charge in [-0.15, -0.1) is 0 Å². The fraction of sp³-hybridized carbons (Fsp3) is 0.333. The number of cyclic esters (lactones) is 2. The summed E-state index contributed by atoms with van der Waals surface area (Å²) in [6.45, 7) is 3.44. The molecule has 3 heterocycles. The third kappa shape index (κ3) is 2.45. The quantitative estimate of drug-likeness (QED) is 0.517. The Morgan fingerprint density at radius 3 is 2.54 bits per heavy atom.